The maximum Gasteiger partial charge on any atom is 0.264 e. The van der Waals surface area contributed by atoms with E-state index in [-0.39, 0.29) is 5.56 Å². The highest BCUT2D eigenvalue weighted by Crippen LogP contribution is 2.32. The highest BCUT2D eigenvalue weighted by molar-refractivity contribution is 7.98. The van der Waals surface area contributed by atoms with Gasteiger partial charge in [-0.1, -0.05) is 72.4 Å². The highest BCUT2D eigenvalue weighted by atomic mass is 32.2. The molecular formula is C25H24N5OS2+. The summed E-state index contributed by atoms with van der Waals surface area (Å²) in [6, 6.07) is 20.8. The second kappa shape index (κ2) is 8.44. The normalized spacial score (nSPS) is 15.8. The smallest absolute Gasteiger partial charge is 0.264 e. The number of hydrogen-bond donors (Lipinski definition) is 1. The molecule has 0 bridgehead atoms. The lowest BCUT2D eigenvalue weighted by atomic mass is 10.0. The van der Waals surface area contributed by atoms with Crippen LogP contribution in [0, 0.1) is 0 Å². The van der Waals surface area contributed by atoms with Gasteiger partial charge >= 0.3 is 0 Å². The van der Waals surface area contributed by atoms with Gasteiger partial charge in [0.2, 0.25) is 5.78 Å². The van der Waals surface area contributed by atoms with Crippen LogP contribution in [0.15, 0.2) is 70.6 Å². The fourth-order valence-electron chi connectivity index (χ4n) is 4.82. The Hall–Kier alpha value is -2.94. The fourth-order valence-corrected chi connectivity index (χ4v) is 6.76. The summed E-state index contributed by atoms with van der Waals surface area (Å²) in [4.78, 5) is 17.7. The Labute approximate surface area is 199 Å². The highest BCUT2D eigenvalue weighted by Gasteiger charge is 2.29. The molecule has 8 heteroatoms. The van der Waals surface area contributed by atoms with Gasteiger partial charge in [0.1, 0.15) is 17.9 Å². The van der Waals surface area contributed by atoms with Crippen LogP contribution in [0.25, 0.3) is 16.0 Å². The van der Waals surface area contributed by atoms with Gasteiger partial charge in [0.15, 0.2) is 5.16 Å². The number of quaternary nitrogens is 1. The first-order valence-corrected chi connectivity index (χ1v) is 13.1. The molecule has 1 N–H and O–H groups in total. The molecule has 6 rings (SSSR count). The molecule has 0 amide bonds. The van der Waals surface area contributed by atoms with E-state index in [9.17, 15) is 4.79 Å². The van der Waals surface area contributed by atoms with Gasteiger partial charge < -0.3 is 4.90 Å². The van der Waals surface area contributed by atoms with Gasteiger partial charge in [0.05, 0.1) is 23.4 Å². The average molecular weight is 475 g/mol. The molecule has 0 fully saturated rings. The minimum absolute atomic E-state index is 0.0467. The summed E-state index contributed by atoms with van der Waals surface area (Å²) < 4.78 is 3.88. The van der Waals surface area contributed by atoms with Crippen molar-refractivity contribution in [2.45, 2.75) is 31.2 Å². The van der Waals surface area contributed by atoms with Gasteiger partial charge in [-0.15, -0.1) is 21.5 Å². The lowest BCUT2D eigenvalue weighted by Gasteiger charge is -2.23. The molecule has 3 aromatic heterocycles. The molecule has 0 saturated carbocycles. The molecule has 1 aliphatic rings. The Morgan fingerprint density at radius 3 is 2.48 bits per heavy atom. The minimum Gasteiger partial charge on any atom is -0.326 e. The van der Waals surface area contributed by atoms with Crippen molar-refractivity contribution in [1.82, 2.24) is 19.2 Å². The van der Waals surface area contributed by atoms with Gasteiger partial charge in [-0.2, -0.15) is 0 Å². The van der Waals surface area contributed by atoms with Crippen molar-refractivity contribution in [2.75, 3.05) is 12.8 Å². The number of thioether (sulfide) groups is 1. The van der Waals surface area contributed by atoms with E-state index in [2.05, 4.69) is 44.9 Å². The van der Waals surface area contributed by atoms with E-state index in [0.717, 1.165) is 47.0 Å². The van der Waals surface area contributed by atoms with Crippen LogP contribution in [0.5, 0.6) is 0 Å². The summed E-state index contributed by atoms with van der Waals surface area (Å²) in [6.45, 7) is 3.47. The molecule has 0 aliphatic carbocycles. The second-order valence-electron chi connectivity index (χ2n) is 8.47. The van der Waals surface area contributed by atoms with E-state index in [1.807, 2.05) is 36.6 Å². The Balaban J connectivity index is 1.49. The van der Waals surface area contributed by atoms with Crippen molar-refractivity contribution in [1.29, 1.82) is 0 Å². The van der Waals surface area contributed by atoms with Crippen LogP contribution in [-0.2, 0) is 26.1 Å². The molecule has 0 spiro atoms. The maximum absolute atomic E-state index is 13.8. The average Bonchev–Trinajstić information content (AvgIpc) is 3.44. The molecule has 1 atom stereocenters. The summed E-state index contributed by atoms with van der Waals surface area (Å²) in [5.74, 6) is 0.618. The third kappa shape index (κ3) is 3.58. The summed E-state index contributed by atoms with van der Waals surface area (Å²) in [5, 5.41) is 10.5. The molecule has 6 nitrogen and oxygen atoms in total. The zero-order chi connectivity index (χ0) is 22.4. The molecule has 1 unspecified atom stereocenters. The Morgan fingerprint density at radius 2 is 1.76 bits per heavy atom. The first-order chi connectivity index (χ1) is 16.2. The lowest BCUT2D eigenvalue weighted by molar-refractivity contribution is -0.929. The van der Waals surface area contributed by atoms with Crippen LogP contribution in [-0.4, -0.2) is 32.0 Å². The summed E-state index contributed by atoms with van der Waals surface area (Å²) in [5.41, 5.74) is 3.71. The number of nitrogens with zero attached hydrogens (tertiary/aromatic N) is 4. The van der Waals surface area contributed by atoms with Crippen LogP contribution in [0.3, 0.4) is 0 Å². The van der Waals surface area contributed by atoms with Crippen molar-refractivity contribution < 1.29 is 4.90 Å². The van der Waals surface area contributed by atoms with E-state index < -0.39 is 0 Å². The molecule has 4 heterocycles. The summed E-state index contributed by atoms with van der Waals surface area (Å²) in [6.07, 6.45) is 2.93. The Kier molecular flexibility index (Phi) is 5.28. The first-order valence-electron chi connectivity index (χ1n) is 11.1. The van der Waals surface area contributed by atoms with E-state index in [1.165, 1.54) is 20.9 Å². The number of nitrogens with one attached hydrogen (secondary N) is 1. The van der Waals surface area contributed by atoms with E-state index >= 15 is 0 Å². The van der Waals surface area contributed by atoms with Crippen molar-refractivity contribution >= 4 is 39.1 Å². The number of hydrogen-bond acceptors (Lipinski definition) is 5. The van der Waals surface area contributed by atoms with Gasteiger partial charge in [-0.3, -0.25) is 9.36 Å². The fraction of sp³-hybridized carbons (Fsp3) is 0.240. The van der Waals surface area contributed by atoms with Gasteiger partial charge in [0, 0.05) is 12.0 Å². The van der Waals surface area contributed by atoms with Gasteiger partial charge in [-0.25, -0.2) is 4.40 Å². The molecule has 1 aliphatic heterocycles. The molecule has 0 radical (unpaired) electrons. The van der Waals surface area contributed by atoms with Crippen LogP contribution < -0.4 is 10.5 Å². The second-order valence-corrected chi connectivity index (χ2v) is 10.3. The van der Waals surface area contributed by atoms with Gasteiger partial charge in [0.25, 0.3) is 5.56 Å². The summed E-state index contributed by atoms with van der Waals surface area (Å²) >= 11 is 3.31. The predicted molar refractivity (Wildman–Crippen MR) is 133 cm³/mol. The topological polar surface area (TPSA) is 56.6 Å². The number of benzene rings is 2. The van der Waals surface area contributed by atoms with Crippen molar-refractivity contribution in [2.24, 2.45) is 0 Å². The van der Waals surface area contributed by atoms with Crippen LogP contribution in [0.2, 0.25) is 0 Å². The molecular weight excluding hydrogens is 450 g/mol. The molecule has 166 valence electrons. The number of aromatic nitrogens is 4. The molecule has 0 saturated heterocycles. The minimum atomic E-state index is 0.0467. The first kappa shape index (κ1) is 20.7. The summed E-state index contributed by atoms with van der Waals surface area (Å²) in [7, 11) is 0. The predicted octanol–water partition coefficient (Wildman–Crippen LogP) is 3.02. The Bertz CT molecular complexity index is 1500. The monoisotopic (exact) mass is 474 g/mol. The largest absolute Gasteiger partial charge is 0.326 e. The van der Waals surface area contributed by atoms with E-state index in [4.69, 9.17) is 0 Å². The van der Waals surface area contributed by atoms with Crippen molar-refractivity contribution in [3.63, 3.8) is 0 Å². The maximum atomic E-state index is 13.8. The van der Waals surface area contributed by atoms with Crippen LogP contribution in [0.4, 0.5) is 0 Å². The SMILES string of the molecule is CSc1nnc2n(Cc3ccccc3)c(=O)c3c4c(sc3n12)C[NH+](Cc1ccccc1)CC4. The number of rotatable bonds is 5. The molecule has 2 aromatic carbocycles. The quantitative estimate of drug-likeness (QED) is 0.398. The number of fused-ring (bicyclic) bond motifs is 5. The number of thiophene rings is 1. The lowest BCUT2D eigenvalue weighted by Crippen LogP contribution is -3.10. The Morgan fingerprint density at radius 1 is 1.03 bits per heavy atom. The third-order valence-corrected chi connectivity index (χ3v) is 8.24. The zero-order valence-electron chi connectivity index (χ0n) is 18.3. The standard InChI is InChI=1S/C25H23N5OS2/c1-32-25-27-26-24-29(15-18-10-6-3-7-11-18)22(31)21-19-12-13-28(14-17-8-4-2-5-9-17)16-20(19)33-23(21)30(24)25/h2-11H,12-16H2,1H3/p+1. The van der Waals surface area contributed by atoms with Crippen molar-refractivity contribution in [3.05, 3.63) is 92.6 Å². The van der Waals surface area contributed by atoms with Crippen LogP contribution >= 0.6 is 23.1 Å². The van der Waals surface area contributed by atoms with E-state index in [1.54, 1.807) is 27.7 Å². The van der Waals surface area contributed by atoms with Crippen LogP contribution in [0.1, 0.15) is 21.6 Å². The van der Waals surface area contributed by atoms with E-state index in [0.29, 0.717) is 12.3 Å². The third-order valence-electron chi connectivity index (χ3n) is 6.39. The van der Waals surface area contributed by atoms with Gasteiger partial charge in [-0.05, 0) is 17.4 Å². The zero-order valence-corrected chi connectivity index (χ0v) is 20.0. The molecule has 33 heavy (non-hydrogen) atoms. The molecule has 5 aromatic rings. The van der Waals surface area contributed by atoms with Crippen molar-refractivity contribution in [3.8, 4) is 0 Å².